The second-order valence-corrected chi connectivity index (χ2v) is 9.38. The zero-order chi connectivity index (χ0) is 26.6. The molecular formula is C26H29ClN8O3. The highest BCUT2D eigenvalue weighted by Crippen LogP contribution is 2.29. The number of aliphatic hydroxyl groups excluding tert-OH is 1. The molecule has 0 bridgehead atoms. The van der Waals surface area contributed by atoms with Gasteiger partial charge in [-0.1, -0.05) is 30.7 Å². The van der Waals surface area contributed by atoms with Crippen LogP contribution in [-0.2, 0) is 0 Å². The number of anilines is 1. The Bertz CT molecular complexity index is 1420. The lowest BCUT2D eigenvalue weighted by molar-refractivity contribution is 0.101. The standard InChI is InChI=1S/C26H29ClN8O3/c1-3-20(24(36)17-4-6-18(27)7-5-17)35-26(37)34(16-31-35)19-8-9-22(30-14-19)33-13-12-28-15-21(33)25-29-11-10-23(32-25)38-2/h4-11,14,16,20-21,24,28,36H,3,12-13,15H2,1-2H3/t20-,21-,24?/m1/s1. The lowest BCUT2D eigenvalue weighted by Crippen LogP contribution is -2.47. The molecule has 2 N–H and O–H groups in total. The number of benzene rings is 1. The quantitative estimate of drug-likeness (QED) is 0.350. The molecule has 1 unspecified atom stereocenters. The second kappa shape index (κ2) is 11.3. The normalized spacial score (nSPS) is 17.3. The van der Waals surface area contributed by atoms with Gasteiger partial charge in [-0.05, 0) is 36.2 Å². The Balaban J connectivity index is 1.39. The van der Waals surface area contributed by atoms with Gasteiger partial charge in [0, 0.05) is 36.9 Å². The average Bonchev–Trinajstić information content (AvgIpc) is 3.34. The Morgan fingerprint density at radius 2 is 2.00 bits per heavy atom. The van der Waals surface area contributed by atoms with Crippen molar-refractivity contribution in [3.63, 3.8) is 0 Å². The van der Waals surface area contributed by atoms with Crippen LogP contribution in [0, 0.1) is 0 Å². The smallest absolute Gasteiger partial charge is 0.350 e. The summed E-state index contributed by atoms with van der Waals surface area (Å²) >= 11 is 5.98. The number of hydrogen-bond acceptors (Lipinski definition) is 9. The number of pyridine rings is 1. The topological polar surface area (TPSA) is 123 Å². The van der Waals surface area contributed by atoms with Crippen LogP contribution >= 0.6 is 11.6 Å². The molecule has 1 saturated heterocycles. The maximum absolute atomic E-state index is 13.3. The van der Waals surface area contributed by atoms with Gasteiger partial charge in [-0.2, -0.15) is 10.1 Å². The molecule has 3 aromatic heterocycles. The van der Waals surface area contributed by atoms with Crippen LogP contribution in [0.5, 0.6) is 5.88 Å². The zero-order valence-corrected chi connectivity index (χ0v) is 21.9. The first kappa shape index (κ1) is 25.8. The van der Waals surface area contributed by atoms with E-state index in [0.29, 0.717) is 40.9 Å². The summed E-state index contributed by atoms with van der Waals surface area (Å²) in [6.45, 7) is 4.08. The maximum Gasteiger partial charge on any atom is 0.350 e. The van der Waals surface area contributed by atoms with Crippen molar-refractivity contribution in [2.45, 2.75) is 31.5 Å². The lowest BCUT2D eigenvalue weighted by Gasteiger charge is -2.36. The maximum atomic E-state index is 13.3. The largest absolute Gasteiger partial charge is 0.481 e. The van der Waals surface area contributed by atoms with E-state index in [1.54, 1.807) is 49.8 Å². The third-order valence-corrected chi connectivity index (χ3v) is 6.96. The average molecular weight is 537 g/mol. The van der Waals surface area contributed by atoms with Gasteiger partial charge >= 0.3 is 5.69 Å². The van der Waals surface area contributed by atoms with E-state index in [9.17, 15) is 9.90 Å². The molecule has 3 atom stereocenters. The van der Waals surface area contributed by atoms with E-state index in [2.05, 4.69) is 30.3 Å². The predicted molar refractivity (Wildman–Crippen MR) is 143 cm³/mol. The Morgan fingerprint density at radius 3 is 2.71 bits per heavy atom. The molecule has 0 aliphatic carbocycles. The fraction of sp³-hybridized carbons (Fsp3) is 0.346. The molecule has 11 nitrogen and oxygen atoms in total. The van der Waals surface area contributed by atoms with Gasteiger partial charge in [0.25, 0.3) is 0 Å². The van der Waals surface area contributed by atoms with Gasteiger partial charge in [0.15, 0.2) is 5.82 Å². The number of rotatable bonds is 8. The van der Waals surface area contributed by atoms with Gasteiger partial charge < -0.3 is 20.1 Å². The lowest BCUT2D eigenvalue weighted by atomic mass is 10.0. The zero-order valence-electron chi connectivity index (χ0n) is 21.1. The second-order valence-electron chi connectivity index (χ2n) is 8.95. The van der Waals surface area contributed by atoms with Crippen molar-refractivity contribution >= 4 is 17.4 Å². The summed E-state index contributed by atoms with van der Waals surface area (Å²) in [6, 6.07) is 11.7. The summed E-state index contributed by atoms with van der Waals surface area (Å²) in [4.78, 5) is 29.0. The number of hydrogen-bond donors (Lipinski definition) is 2. The van der Waals surface area contributed by atoms with Crippen molar-refractivity contribution in [3.8, 4) is 11.6 Å². The number of ether oxygens (including phenoxy) is 1. The van der Waals surface area contributed by atoms with Crippen LogP contribution in [0.25, 0.3) is 5.69 Å². The highest BCUT2D eigenvalue weighted by Gasteiger charge is 2.28. The number of piperazine rings is 1. The Labute approximate surface area is 224 Å². The summed E-state index contributed by atoms with van der Waals surface area (Å²) in [6.07, 6.45) is 4.37. The third-order valence-electron chi connectivity index (χ3n) is 6.71. The van der Waals surface area contributed by atoms with E-state index in [0.717, 1.165) is 18.9 Å². The minimum Gasteiger partial charge on any atom is -0.481 e. The van der Waals surface area contributed by atoms with Crippen LogP contribution in [0.15, 0.2) is 66.0 Å². The van der Waals surface area contributed by atoms with E-state index >= 15 is 0 Å². The van der Waals surface area contributed by atoms with Crippen molar-refractivity contribution < 1.29 is 9.84 Å². The van der Waals surface area contributed by atoms with Gasteiger partial charge in [-0.3, -0.25) is 0 Å². The van der Waals surface area contributed by atoms with Gasteiger partial charge in [0.05, 0.1) is 25.0 Å². The predicted octanol–water partition coefficient (Wildman–Crippen LogP) is 2.72. The van der Waals surface area contributed by atoms with E-state index in [-0.39, 0.29) is 11.7 Å². The fourth-order valence-electron chi connectivity index (χ4n) is 4.66. The van der Waals surface area contributed by atoms with E-state index in [1.165, 1.54) is 15.6 Å². The first-order chi connectivity index (χ1) is 18.5. The van der Waals surface area contributed by atoms with Crippen LogP contribution in [-0.4, -0.2) is 61.2 Å². The number of methoxy groups -OCH3 is 1. The molecule has 5 rings (SSSR count). The molecule has 38 heavy (non-hydrogen) atoms. The molecule has 12 heteroatoms. The van der Waals surface area contributed by atoms with Crippen LogP contribution in [0.1, 0.15) is 42.9 Å². The van der Waals surface area contributed by atoms with Crippen LogP contribution in [0.4, 0.5) is 5.82 Å². The van der Waals surface area contributed by atoms with Gasteiger partial charge in [0.1, 0.15) is 24.3 Å². The molecule has 1 aliphatic rings. The molecule has 0 amide bonds. The molecule has 198 valence electrons. The summed E-state index contributed by atoms with van der Waals surface area (Å²) < 4.78 is 8.01. The molecule has 0 radical (unpaired) electrons. The number of halogens is 1. The summed E-state index contributed by atoms with van der Waals surface area (Å²) in [5.74, 6) is 1.90. The molecule has 1 aliphatic heterocycles. The first-order valence-corrected chi connectivity index (χ1v) is 12.8. The first-order valence-electron chi connectivity index (χ1n) is 12.4. The monoisotopic (exact) mass is 536 g/mol. The summed E-state index contributed by atoms with van der Waals surface area (Å²) in [7, 11) is 1.58. The highest BCUT2D eigenvalue weighted by atomic mass is 35.5. The summed E-state index contributed by atoms with van der Waals surface area (Å²) in [5.41, 5.74) is 0.883. The van der Waals surface area contributed by atoms with E-state index < -0.39 is 12.1 Å². The van der Waals surface area contributed by atoms with Crippen molar-refractivity contribution in [1.29, 1.82) is 0 Å². The Morgan fingerprint density at radius 1 is 1.18 bits per heavy atom. The van der Waals surface area contributed by atoms with Gasteiger partial charge in [-0.25, -0.2) is 24.0 Å². The molecule has 4 heterocycles. The number of aliphatic hydroxyl groups is 1. The minimum absolute atomic E-state index is 0.123. The SMILES string of the molecule is CC[C@H](C(O)c1ccc(Cl)cc1)n1ncn(-c2ccc(N3CCNC[C@@H]3c3nccc(OC)n3)nc2)c1=O. The highest BCUT2D eigenvalue weighted by molar-refractivity contribution is 6.30. The van der Waals surface area contributed by atoms with Crippen molar-refractivity contribution in [2.24, 2.45) is 0 Å². The van der Waals surface area contributed by atoms with Crippen LogP contribution in [0.3, 0.4) is 0 Å². The van der Waals surface area contributed by atoms with Crippen LogP contribution < -0.4 is 20.6 Å². The minimum atomic E-state index is -0.915. The molecule has 1 fully saturated rings. The van der Waals surface area contributed by atoms with Crippen molar-refractivity contribution in [3.05, 3.63) is 88.1 Å². The third kappa shape index (κ3) is 5.13. The number of nitrogens with one attached hydrogen (secondary N) is 1. The molecular weight excluding hydrogens is 508 g/mol. The van der Waals surface area contributed by atoms with Crippen molar-refractivity contribution in [1.82, 2.24) is 34.6 Å². The molecule has 4 aromatic rings. The van der Waals surface area contributed by atoms with Crippen molar-refractivity contribution in [2.75, 3.05) is 31.6 Å². The molecule has 1 aromatic carbocycles. The molecule has 0 spiro atoms. The Kier molecular flexibility index (Phi) is 7.68. The molecule has 0 saturated carbocycles. The van der Waals surface area contributed by atoms with E-state index in [1.807, 2.05) is 19.1 Å². The van der Waals surface area contributed by atoms with E-state index in [4.69, 9.17) is 16.3 Å². The van der Waals surface area contributed by atoms with Crippen LogP contribution in [0.2, 0.25) is 5.02 Å². The summed E-state index contributed by atoms with van der Waals surface area (Å²) in [5, 5.41) is 19.2. The number of nitrogens with zero attached hydrogens (tertiary/aromatic N) is 7. The Hall–Kier alpha value is -3.80. The fourth-order valence-corrected chi connectivity index (χ4v) is 4.79. The van der Waals surface area contributed by atoms with Gasteiger partial charge in [0.2, 0.25) is 5.88 Å². The van der Waals surface area contributed by atoms with Gasteiger partial charge in [-0.15, -0.1) is 0 Å². The number of aromatic nitrogens is 6.